The number of methoxy groups -OCH3 is 1. The van der Waals surface area contributed by atoms with Crippen molar-refractivity contribution in [3.8, 4) is 0 Å². The number of nitrogens with zero attached hydrogens (tertiary/aromatic N) is 2. The first-order valence-corrected chi connectivity index (χ1v) is 6.95. The van der Waals surface area contributed by atoms with Crippen LogP contribution in [0.2, 0.25) is 0 Å². The molecule has 2 rings (SSSR count). The summed E-state index contributed by atoms with van der Waals surface area (Å²) in [4.78, 5) is 8.94. The van der Waals surface area contributed by atoms with Crippen LogP contribution in [0.5, 0.6) is 0 Å². The smallest absolute Gasteiger partial charge is 0.133 e. The molecule has 1 aromatic heterocycles. The fourth-order valence-electron chi connectivity index (χ4n) is 2.09. The quantitative estimate of drug-likeness (QED) is 0.794. The molecule has 2 aromatic rings. The molecule has 21 heavy (non-hydrogen) atoms. The van der Waals surface area contributed by atoms with Gasteiger partial charge in [0, 0.05) is 32.3 Å². The zero-order valence-electron chi connectivity index (χ0n) is 12.4. The van der Waals surface area contributed by atoms with Crippen LogP contribution in [0.15, 0.2) is 30.3 Å². The molecule has 1 aromatic carbocycles. The number of aromatic nitrogens is 2. The topological polar surface area (TPSA) is 47.0 Å². The van der Waals surface area contributed by atoms with Gasteiger partial charge in [-0.2, -0.15) is 0 Å². The first-order valence-electron chi connectivity index (χ1n) is 6.95. The summed E-state index contributed by atoms with van der Waals surface area (Å²) in [7, 11) is 1.67. The van der Waals surface area contributed by atoms with E-state index in [0.717, 1.165) is 23.5 Å². The number of rotatable bonds is 7. The van der Waals surface area contributed by atoms with Gasteiger partial charge in [0.05, 0.1) is 12.3 Å². The molecule has 0 bridgehead atoms. The monoisotopic (exact) mass is 289 g/mol. The van der Waals surface area contributed by atoms with Crippen molar-refractivity contribution < 1.29 is 9.13 Å². The fraction of sp³-hybridized carbons (Fsp3) is 0.375. The highest BCUT2D eigenvalue weighted by Crippen LogP contribution is 2.09. The largest absolute Gasteiger partial charge is 0.383 e. The third-order valence-corrected chi connectivity index (χ3v) is 2.99. The van der Waals surface area contributed by atoms with E-state index in [1.165, 1.54) is 12.1 Å². The van der Waals surface area contributed by atoms with Crippen molar-refractivity contribution in [2.45, 2.75) is 19.9 Å². The lowest BCUT2D eigenvalue weighted by Crippen LogP contribution is -2.20. The molecule has 1 heterocycles. The Bertz CT molecular complexity index is 589. The van der Waals surface area contributed by atoms with E-state index in [0.29, 0.717) is 25.4 Å². The molecule has 0 aliphatic rings. The maximum absolute atomic E-state index is 13.2. The second-order valence-corrected chi connectivity index (χ2v) is 4.89. The number of hydrogen-bond acceptors (Lipinski definition) is 4. The highest BCUT2D eigenvalue weighted by Gasteiger charge is 2.04. The van der Waals surface area contributed by atoms with Gasteiger partial charge in [0.25, 0.3) is 0 Å². The van der Waals surface area contributed by atoms with E-state index in [-0.39, 0.29) is 5.82 Å². The summed E-state index contributed by atoms with van der Waals surface area (Å²) in [5.74, 6) is 0.478. The molecular formula is C16H20FN3O. The van der Waals surface area contributed by atoms with Gasteiger partial charge < -0.3 is 10.1 Å². The third kappa shape index (κ3) is 5.21. The molecule has 0 aliphatic heterocycles. The minimum Gasteiger partial charge on any atom is -0.383 e. The van der Waals surface area contributed by atoms with Crippen molar-refractivity contribution in [3.05, 3.63) is 58.9 Å². The average Bonchev–Trinajstić information content (AvgIpc) is 2.43. The zero-order chi connectivity index (χ0) is 15.1. The standard InChI is InChI=1S/C16H20FN3O/c1-12-8-15(11-18-6-7-21-2)20-16(19-12)10-13-4-3-5-14(17)9-13/h3-5,8-9,18H,6-7,10-11H2,1-2H3. The Kier molecular flexibility index (Phi) is 5.78. The molecule has 1 N–H and O–H groups in total. The van der Waals surface area contributed by atoms with Crippen molar-refractivity contribution in [2.24, 2.45) is 0 Å². The van der Waals surface area contributed by atoms with Gasteiger partial charge in [0.2, 0.25) is 0 Å². The van der Waals surface area contributed by atoms with Crippen LogP contribution in [0.25, 0.3) is 0 Å². The average molecular weight is 289 g/mol. The van der Waals surface area contributed by atoms with Gasteiger partial charge in [-0.1, -0.05) is 12.1 Å². The highest BCUT2D eigenvalue weighted by atomic mass is 19.1. The Balaban J connectivity index is 2.04. The summed E-state index contributed by atoms with van der Waals surface area (Å²) >= 11 is 0. The summed E-state index contributed by atoms with van der Waals surface area (Å²) in [6.07, 6.45) is 0.532. The molecule has 0 fully saturated rings. The van der Waals surface area contributed by atoms with Crippen molar-refractivity contribution in [3.63, 3.8) is 0 Å². The first-order chi connectivity index (χ1) is 10.2. The number of hydrogen-bond donors (Lipinski definition) is 1. The van der Waals surface area contributed by atoms with Crippen molar-refractivity contribution in [1.82, 2.24) is 15.3 Å². The van der Waals surface area contributed by atoms with Crippen molar-refractivity contribution >= 4 is 0 Å². The van der Waals surface area contributed by atoms with Gasteiger partial charge in [-0.05, 0) is 30.7 Å². The predicted octanol–water partition coefficient (Wildman–Crippen LogP) is 2.25. The van der Waals surface area contributed by atoms with Crippen LogP contribution >= 0.6 is 0 Å². The van der Waals surface area contributed by atoms with E-state index < -0.39 is 0 Å². The van der Waals surface area contributed by atoms with Gasteiger partial charge in [-0.25, -0.2) is 14.4 Å². The summed E-state index contributed by atoms with van der Waals surface area (Å²) in [6.45, 7) is 4.05. The molecule has 0 saturated heterocycles. The second kappa shape index (κ2) is 7.81. The summed E-state index contributed by atoms with van der Waals surface area (Å²) in [6, 6.07) is 8.49. The van der Waals surface area contributed by atoms with Gasteiger partial charge in [0.15, 0.2) is 0 Å². The van der Waals surface area contributed by atoms with Crippen LogP contribution in [0.3, 0.4) is 0 Å². The first kappa shape index (κ1) is 15.5. The van der Waals surface area contributed by atoms with Gasteiger partial charge in [-0.15, -0.1) is 0 Å². The second-order valence-electron chi connectivity index (χ2n) is 4.89. The molecule has 0 radical (unpaired) electrons. The van der Waals surface area contributed by atoms with Crippen molar-refractivity contribution in [2.75, 3.05) is 20.3 Å². The lowest BCUT2D eigenvalue weighted by atomic mass is 10.1. The summed E-state index contributed by atoms with van der Waals surface area (Å²) < 4.78 is 18.2. The molecule has 0 spiro atoms. The van der Waals surface area contributed by atoms with E-state index in [2.05, 4.69) is 15.3 Å². The molecule has 4 nitrogen and oxygen atoms in total. The van der Waals surface area contributed by atoms with Gasteiger partial charge in [0.1, 0.15) is 11.6 Å². The van der Waals surface area contributed by atoms with E-state index in [4.69, 9.17) is 4.74 Å². The number of aryl methyl sites for hydroxylation is 1. The number of benzene rings is 1. The summed E-state index contributed by atoms with van der Waals surface area (Å²) in [5, 5.41) is 3.25. The Morgan fingerprint density at radius 2 is 2.10 bits per heavy atom. The Morgan fingerprint density at radius 1 is 1.24 bits per heavy atom. The van der Waals surface area contributed by atoms with Crippen LogP contribution in [0, 0.1) is 12.7 Å². The molecular weight excluding hydrogens is 269 g/mol. The lowest BCUT2D eigenvalue weighted by Gasteiger charge is -2.07. The minimum absolute atomic E-state index is 0.235. The van der Waals surface area contributed by atoms with Gasteiger partial charge in [-0.3, -0.25) is 0 Å². The van der Waals surface area contributed by atoms with E-state index in [1.54, 1.807) is 13.2 Å². The van der Waals surface area contributed by atoms with Crippen LogP contribution in [0.4, 0.5) is 4.39 Å². The van der Waals surface area contributed by atoms with Crippen LogP contribution in [-0.4, -0.2) is 30.2 Å². The number of halogens is 1. The normalized spacial score (nSPS) is 10.8. The van der Waals surface area contributed by atoms with Crippen LogP contribution < -0.4 is 5.32 Å². The van der Waals surface area contributed by atoms with E-state index >= 15 is 0 Å². The lowest BCUT2D eigenvalue weighted by molar-refractivity contribution is 0.199. The molecule has 0 amide bonds. The van der Waals surface area contributed by atoms with Gasteiger partial charge >= 0.3 is 0 Å². The minimum atomic E-state index is -0.235. The number of ether oxygens (including phenoxy) is 1. The molecule has 112 valence electrons. The zero-order valence-corrected chi connectivity index (χ0v) is 12.4. The van der Waals surface area contributed by atoms with Crippen molar-refractivity contribution in [1.29, 1.82) is 0 Å². The van der Waals surface area contributed by atoms with E-state index in [1.807, 2.05) is 19.1 Å². The maximum Gasteiger partial charge on any atom is 0.133 e. The fourth-order valence-corrected chi connectivity index (χ4v) is 2.09. The molecule has 5 heteroatoms. The molecule has 0 aliphatic carbocycles. The van der Waals surface area contributed by atoms with Crippen LogP contribution in [0.1, 0.15) is 22.8 Å². The third-order valence-electron chi connectivity index (χ3n) is 2.99. The SMILES string of the molecule is COCCNCc1cc(C)nc(Cc2cccc(F)c2)n1. The maximum atomic E-state index is 13.2. The van der Waals surface area contributed by atoms with E-state index in [9.17, 15) is 4.39 Å². The Labute approximate surface area is 124 Å². The Morgan fingerprint density at radius 3 is 2.86 bits per heavy atom. The highest BCUT2D eigenvalue weighted by molar-refractivity contribution is 5.21. The summed E-state index contributed by atoms with van der Waals surface area (Å²) in [5.41, 5.74) is 2.73. The molecule has 0 saturated carbocycles. The Hall–Kier alpha value is -1.85. The van der Waals surface area contributed by atoms with Crippen LogP contribution in [-0.2, 0) is 17.7 Å². The molecule has 0 atom stereocenters. The predicted molar refractivity (Wildman–Crippen MR) is 79.6 cm³/mol. The number of nitrogens with one attached hydrogen (secondary N) is 1. The molecule has 0 unspecified atom stereocenters.